The van der Waals surface area contributed by atoms with Gasteiger partial charge < -0.3 is 4.74 Å². The lowest BCUT2D eigenvalue weighted by atomic mass is 10.1. The molecule has 1 aromatic carbocycles. The lowest BCUT2D eigenvalue weighted by Gasteiger charge is -2.16. The second kappa shape index (κ2) is 7.11. The third-order valence-electron chi connectivity index (χ3n) is 3.77. The van der Waals surface area contributed by atoms with E-state index in [9.17, 15) is 8.42 Å². The van der Waals surface area contributed by atoms with Crippen molar-refractivity contribution in [2.24, 2.45) is 0 Å². The Morgan fingerprint density at radius 2 is 2.08 bits per heavy atom. The van der Waals surface area contributed by atoms with Gasteiger partial charge in [0.2, 0.25) is 10.0 Å². The van der Waals surface area contributed by atoms with Crippen LogP contribution in [0.15, 0.2) is 47.6 Å². The molecule has 7 heteroatoms. The van der Waals surface area contributed by atoms with E-state index in [0.29, 0.717) is 10.6 Å². The van der Waals surface area contributed by atoms with Crippen LogP contribution in [0.25, 0.3) is 10.8 Å². The smallest absolute Gasteiger partial charge is 0.242 e. The first kappa shape index (κ1) is 17.8. The molecule has 3 rings (SSSR count). The second-order valence-electron chi connectivity index (χ2n) is 5.96. The van der Waals surface area contributed by atoms with Crippen LogP contribution in [0.1, 0.15) is 16.7 Å². The van der Waals surface area contributed by atoms with E-state index in [1.807, 2.05) is 38.1 Å². The molecule has 0 spiro atoms. The van der Waals surface area contributed by atoms with Gasteiger partial charge in [-0.05, 0) is 39.0 Å². The Hall–Kier alpha value is -1.96. The molecular weight excluding hydrogens is 356 g/mol. The maximum absolute atomic E-state index is 12.5. The lowest BCUT2D eigenvalue weighted by Crippen LogP contribution is -2.36. The molecule has 0 radical (unpaired) electrons. The number of thiophene rings is 1. The third kappa shape index (κ3) is 4.00. The number of nitrogens with one attached hydrogen (secondary N) is 1. The van der Waals surface area contributed by atoms with Gasteiger partial charge in [0.25, 0.3) is 0 Å². The van der Waals surface area contributed by atoms with E-state index in [-0.39, 0.29) is 12.6 Å². The number of nitrogens with zero attached hydrogens (tertiary/aromatic N) is 1. The zero-order chi connectivity index (χ0) is 18.0. The van der Waals surface area contributed by atoms with Gasteiger partial charge in [0, 0.05) is 32.9 Å². The highest BCUT2D eigenvalue weighted by Gasteiger charge is 2.21. The molecule has 5 nitrogen and oxygen atoms in total. The molecule has 2 aromatic heterocycles. The van der Waals surface area contributed by atoms with Crippen LogP contribution in [0.3, 0.4) is 0 Å². The molecule has 1 N–H and O–H groups in total. The van der Waals surface area contributed by atoms with Gasteiger partial charge in [0.05, 0.1) is 10.9 Å². The number of aromatic nitrogens is 1. The Balaban J connectivity index is 1.70. The summed E-state index contributed by atoms with van der Waals surface area (Å²) >= 11 is 1.48. The summed E-state index contributed by atoms with van der Waals surface area (Å²) in [6, 6.07) is 8.96. The molecule has 0 aliphatic rings. The van der Waals surface area contributed by atoms with Gasteiger partial charge in [0.1, 0.15) is 12.4 Å². The Morgan fingerprint density at radius 3 is 2.80 bits per heavy atom. The number of hydrogen-bond donors (Lipinski definition) is 1. The fraction of sp³-hybridized carbons (Fsp3) is 0.278. The van der Waals surface area contributed by atoms with Crippen molar-refractivity contribution in [3.05, 3.63) is 52.5 Å². The molecule has 0 fully saturated rings. The first-order valence-electron chi connectivity index (χ1n) is 7.92. The fourth-order valence-electron chi connectivity index (χ4n) is 2.67. The first-order chi connectivity index (χ1) is 11.9. The molecule has 0 aliphatic heterocycles. The number of hydrogen-bond acceptors (Lipinski definition) is 5. The highest BCUT2D eigenvalue weighted by atomic mass is 32.2. The number of rotatable bonds is 6. The standard InChI is InChI=1S/C18H20N2O3S2/c1-12(20-25(21,22)18-9-13(2)24-14(18)3)11-23-17-6-4-5-15-10-19-8-7-16(15)17/h4-10,12,20H,11H2,1-3H3/t12-/m0/s1. The molecule has 0 amide bonds. The van der Waals surface area contributed by atoms with E-state index in [4.69, 9.17) is 4.74 Å². The molecule has 132 valence electrons. The molecule has 2 heterocycles. The lowest BCUT2D eigenvalue weighted by molar-refractivity contribution is 0.290. The van der Waals surface area contributed by atoms with Crippen molar-refractivity contribution in [3.63, 3.8) is 0 Å². The van der Waals surface area contributed by atoms with Crippen molar-refractivity contribution in [1.82, 2.24) is 9.71 Å². The minimum absolute atomic E-state index is 0.239. The topological polar surface area (TPSA) is 68.3 Å². The van der Waals surface area contributed by atoms with Crippen LogP contribution in [0.2, 0.25) is 0 Å². The van der Waals surface area contributed by atoms with Gasteiger partial charge in [-0.15, -0.1) is 11.3 Å². The highest BCUT2D eigenvalue weighted by molar-refractivity contribution is 7.89. The molecule has 3 aromatic rings. The average molecular weight is 377 g/mol. The predicted molar refractivity (Wildman–Crippen MR) is 101 cm³/mol. The van der Waals surface area contributed by atoms with Crippen molar-refractivity contribution < 1.29 is 13.2 Å². The van der Waals surface area contributed by atoms with E-state index in [1.165, 1.54) is 11.3 Å². The monoisotopic (exact) mass is 376 g/mol. The van der Waals surface area contributed by atoms with Gasteiger partial charge in [-0.3, -0.25) is 4.98 Å². The number of pyridine rings is 1. The summed E-state index contributed by atoms with van der Waals surface area (Å²) in [5.74, 6) is 0.716. The molecular formula is C18H20N2O3S2. The molecule has 0 saturated heterocycles. The summed E-state index contributed by atoms with van der Waals surface area (Å²) < 4.78 is 33.6. The maximum atomic E-state index is 12.5. The predicted octanol–water partition coefficient (Wildman–Crippen LogP) is 3.66. The van der Waals surface area contributed by atoms with Crippen LogP contribution in [-0.4, -0.2) is 26.1 Å². The number of sulfonamides is 1. The summed E-state index contributed by atoms with van der Waals surface area (Å²) in [6.45, 7) is 5.75. The Bertz CT molecular complexity index is 991. The molecule has 0 unspecified atom stereocenters. The second-order valence-corrected chi connectivity index (χ2v) is 9.11. The van der Waals surface area contributed by atoms with Crippen LogP contribution >= 0.6 is 11.3 Å². The third-order valence-corrected chi connectivity index (χ3v) is 6.58. The van der Waals surface area contributed by atoms with Gasteiger partial charge in [-0.2, -0.15) is 0 Å². The van der Waals surface area contributed by atoms with E-state index >= 15 is 0 Å². The van der Waals surface area contributed by atoms with Crippen molar-refractivity contribution in [3.8, 4) is 5.75 Å². The summed E-state index contributed by atoms with van der Waals surface area (Å²) in [7, 11) is -3.55. The van der Waals surface area contributed by atoms with E-state index < -0.39 is 10.0 Å². The molecule has 0 bridgehead atoms. The van der Waals surface area contributed by atoms with Crippen molar-refractivity contribution in [1.29, 1.82) is 0 Å². The van der Waals surface area contributed by atoms with Crippen molar-refractivity contribution >= 4 is 32.1 Å². The van der Waals surface area contributed by atoms with Crippen molar-refractivity contribution in [2.75, 3.05) is 6.61 Å². The Labute approximate surface area is 151 Å². The van der Waals surface area contributed by atoms with Crippen LogP contribution in [0.5, 0.6) is 5.75 Å². The van der Waals surface area contributed by atoms with E-state index in [1.54, 1.807) is 25.4 Å². The van der Waals surface area contributed by atoms with Gasteiger partial charge in [-0.1, -0.05) is 12.1 Å². The van der Waals surface area contributed by atoms with E-state index in [0.717, 1.165) is 20.5 Å². The number of ether oxygens (including phenoxy) is 1. The van der Waals surface area contributed by atoms with E-state index in [2.05, 4.69) is 9.71 Å². The normalized spacial score (nSPS) is 13.1. The molecule has 25 heavy (non-hydrogen) atoms. The summed E-state index contributed by atoms with van der Waals surface area (Å²) in [5.41, 5.74) is 0. The summed E-state index contributed by atoms with van der Waals surface area (Å²) in [6.07, 6.45) is 3.49. The number of fused-ring (bicyclic) bond motifs is 1. The van der Waals surface area contributed by atoms with Gasteiger partial charge >= 0.3 is 0 Å². The first-order valence-corrected chi connectivity index (χ1v) is 10.2. The van der Waals surface area contributed by atoms with Gasteiger partial charge in [-0.25, -0.2) is 13.1 Å². The number of benzene rings is 1. The SMILES string of the molecule is Cc1cc(S(=O)(=O)N[C@@H](C)COc2cccc3cnccc23)c(C)s1. The fourth-order valence-corrected chi connectivity index (χ4v) is 5.45. The quantitative estimate of drug-likeness (QED) is 0.713. The van der Waals surface area contributed by atoms with Crippen LogP contribution in [0.4, 0.5) is 0 Å². The van der Waals surface area contributed by atoms with Gasteiger partial charge in [0.15, 0.2) is 0 Å². The van der Waals surface area contributed by atoms with Crippen LogP contribution < -0.4 is 9.46 Å². The maximum Gasteiger partial charge on any atom is 0.242 e. The summed E-state index contributed by atoms with van der Waals surface area (Å²) in [4.78, 5) is 6.21. The average Bonchev–Trinajstić information content (AvgIpc) is 2.92. The molecule has 0 aliphatic carbocycles. The van der Waals surface area contributed by atoms with Crippen LogP contribution in [0, 0.1) is 13.8 Å². The van der Waals surface area contributed by atoms with Crippen molar-refractivity contribution in [2.45, 2.75) is 31.7 Å². The summed E-state index contributed by atoms with van der Waals surface area (Å²) in [5, 5.41) is 1.94. The number of aryl methyl sites for hydroxylation is 2. The zero-order valence-electron chi connectivity index (χ0n) is 14.3. The zero-order valence-corrected chi connectivity index (χ0v) is 15.9. The molecule has 1 atom stereocenters. The largest absolute Gasteiger partial charge is 0.491 e. The molecule has 0 saturated carbocycles. The Kier molecular flexibility index (Phi) is 5.08. The van der Waals surface area contributed by atoms with Crippen LogP contribution in [-0.2, 0) is 10.0 Å². The minimum atomic E-state index is -3.55. The highest BCUT2D eigenvalue weighted by Crippen LogP contribution is 2.26. The Morgan fingerprint density at radius 1 is 1.28 bits per heavy atom. The minimum Gasteiger partial charge on any atom is -0.491 e.